The Morgan fingerprint density at radius 2 is 1.87 bits per heavy atom. The van der Waals surface area contributed by atoms with E-state index in [0.29, 0.717) is 9.09 Å². The molecule has 1 atom stereocenters. The standard InChI is InChI=1S/C15H12F4N2S2/c1-2-21(23-13-8-7-12(9-20)22-13)14(15(17,18)19)10-3-5-11(16)6-4-10/h3-8,14H,2H2,1H3/t14-/m1/s1. The van der Waals surface area contributed by atoms with Gasteiger partial charge in [0.2, 0.25) is 0 Å². The molecule has 0 aliphatic rings. The number of hydrogen-bond donors (Lipinski definition) is 0. The zero-order valence-corrected chi connectivity index (χ0v) is 13.6. The largest absolute Gasteiger partial charge is 0.408 e. The summed E-state index contributed by atoms with van der Waals surface area (Å²) in [5, 5.41) is 8.81. The minimum Gasteiger partial charge on any atom is -0.230 e. The minimum absolute atomic E-state index is 0.0229. The van der Waals surface area contributed by atoms with Crippen molar-refractivity contribution in [3.8, 4) is 6.07 Å². The fourth-order valence-electron chi connectivity index (χ4n) is 2.01. The summed E-state index contributed by atoms with van der Waals surface area (Å²) in [4.78, 5) is 0.439. The Labute approximate surface area is 139 Å². The van der Waals surface area contributed by atoms with Crippen molar-refractivity contribution in [1.29, 1.82) is 5.26 Å². The Bertz CT molecular complexity index is 689. The van der Waals surface area contributed by atoms with Crippen LogP contribution in [0.1, 0.15) is 23.4 Å². The number of thiophene rings is 1. The molecule has 2 nitrogen and oxygen atoms in total. The van der Waals surface area contributed by atoms with Crippen molar-refractivity contribution in [2.75, 3.05) is 6.54 Å². The van der Waals surface area contributed by atoms with E-state index in [4.69, 9.17) is 5.26 Å². The Balaban J connectivity index is 2.32. The molecule has 0 unspecified atom stereocenters. The lowest BCUT2D eigenvalue weighted by Gasteiger charge is -2.31. The minimum atomic E-state index is -4.50. The van der Waals surface area contributed by atoms with Gasteiger partial charge in [0.1, 0.15) is 22.8 Å². The van der Waals surface area contributed by atoms with E-state index in [0.717, 1.165) is 47.6 Å². The van der Waals surface area contributed by atoms with E-state index in [2.05, 4.69) is 0 Å². The molecule has 0 aliphatic carbocycles. The summed E-state index contributed by atoms with van der Waals surface area (Å²) in [5.41, 5.74) is -0.0229. The van der Waals surface area contributed by atoms with Gasteiger partial charge in [-0.15, -0.1) is 11.3 Å². The zero-order valence-electron chi connectivity index (χ0n) is 12.0. The molecule has 0 fully saturated rings. The van der Waals surface area contributed by atoms with Crippen LogP contribution in [-0.4, -0.2) is 17.0 Å². The predicted molar refractivity (Wildman–Crippen MR) is 82.5 cm³/mol. The van der Waals surface area contributed by atoms with Crippen LogP contribution in [0.3, 0.4) is 0 Å². The van der Waals surface area contributed by atoms with Gasteiger partial charge in [-0.3, -0.25) is 0 Å². The molecule has 1 aromatic heterocycles. The molecular weight excluding hydrogens is 348 g/mol. The van der Waals surface area contributed by atoms with Gasteiger partial charge < -0.3 is 0 Å². The summed E-state index contributed by atoms with van der Waals surface area (Å²) < 4.78 is 55.3. The van der Waals surface area contributed by atoms with Gasteiger partial charge in [0, 0.05) is 6.54 Å². The highest BCUT2D eigenvalue weighted by Gasteiger charge is 2.45. The fraction of sp³-hybridized carbons (Fsp3) is 0.267. The normalized spacial score (nSPS) is 13.1. The van der Waals surface area contributed by atoms with Gasteiger partial charge in [0.25, 0.3) is 0 Å². The smallest absolute Gasteiger partial charge is 0.230 e. The maximum absolute atomic E-state index is 13.5. The molecular formula is C15H12F4N2S2. The van der Waals surface area contributed by atoms with Crippen molar-refractivity contribution < 1.29 is 17.6 Å². The summed E-state index contributed by atoms with van der Waals surface area (Å²) in [6.45, 7) is 1.75. The quantitative estimate of drug-likeness (QED) is 0.528. The number of rotatable bonds is 5. The van der Waals surface area contributed by atoms with E-state index < -0.39 is 18.0 Å². The van der Waals surface area contributed by atoms with Crippen molar-refractivity contribution in [3.05, 3.63) is 52.7 Å². The van der Waals surface area contributed by atoms with Crippen molar-refractivity contribution in [3.63, 3.8) is 0 Å². The number of alkyl halides is 3. The second-order valence-corrected chi connectivity index (χ2v) is 6.98. The molecule has 0 saturated heterocycles. The highest BCUT2D eigenvalue weighted by atomic mass is 32.2. The van der Waals surface area contributed by atoms with Crippen molar-refractivity contribution >= 4 is 23.3 Å². The molecule has 1 aromatic carbocycles. The number of nitrogens with zero attached hydrogens (tertiary/aromatic N) is 2. The fourth-order valence-corrected chi connectivity index (χ4v) is 4.08. The van der Waals surface area contributed by atoms with Crippen LogP contribution in [0, 0.1) is 17.1 Å². The third-order valence-electron chi connectivity index (χ3n) is 2.99. The molecule has 8 heteroatoms. The summed E-state index contributed by atoms with van der Waals surface area (Å²) in [6, 6.07) is 7.62. The van der Waals surface area contributed by atoms with Crippen LogP contribution in [-0.2, 0) is 0 Å². The first-order valence-electron chi connectivity index (χ1n) is 6.62. The van der Waals surface area contributed by atoms with Gasteiger partial charge in [-0.1, -0.05) is 19.1 Å². The average Bonchev–Trinajstić information content (AvgIpc) is 2.95. The van der Waals surface area contributed by atoms with E-state index in [1.807, 2.05) is 6.07 Å². The first kappa shape index (κ1) is 17.8. The Kier molecular flexibility index (Phi) is 5.68. The van der Waals surface area contributed by atoms with Crippen LogP contribution in [0.5, 0.6) is 0 Å². The lowest BCUT2D eigenvalue weighted by molar-refractivity contribution is -0.172. The molecule has 1 heterocycles. The molecule has 0 amide bonds. The molecule has 2 rings (SSSR count). The maximum Gasteiger partial charge on any atom is 0.408 e. The maximum atomic E-state index is 13.5. The Morgan fingerprint density at radius 3 is 2.35 bits per heavy atom. The van der Waals surface area contributed by atoms with E-state index in [-0.39, 0.29) is 12.1 Å². The molecule has 2 aromatic rings. The SMILES string of the molecule is CCN(Sc1ccc(C#N)s1)[C@H](c1ccc(F)cc1)C(F)(F)F. The Hall–Kier alpha value is -1.56. The molecule has 0 spiro atoms. The number of nitriles is 1. The highest BCUT2D eigenvalue weighted by molar-refractivity contribution is 7.99. The van der Waals surface area contributed by atoms with Crippen molar-refractivity contribution in [2.45, 2.75) is 23.4 Å². The van der Waals surface area contributed by atoms with Crippen molar-refractivity contribution in [2.24, 2.45) is 0 Å². The average molecular weight is 360 g/mol. The summed E-state index contributed by atoms with van der Waals surface area (Å²) >= 11 is 2.08. The van der Waals surface area contributed by atoms with Crippen LogP contribution >= 0.6 is 23.3 Å². The van der Waals surface area contributed by atoms with Gasteiger partial charge in [-0.25, -0.2) is 8.70 Å². The van der Waals surface area contributed by atoms with Crippen LogP contribution in [0.25, 0.3) is 0 Å². The van der Waals surface area contributed by atoms with E-state index in [9.17, 15) is 17.6 Å². The number of benzene rings is 1. The topological polar surface area (TPSA) is 27.0 Å². The molecule has 0 bridgehead atoms. The van der Waals surface area contributed by atoms with E-state index in [1.54, 1.807) is 19.1 Å². The summed E-state index contributed by atoms with van der Waals surface area (Å²) in [6.07, 6.45) is -4.50. The Morgan fingerprint density at radius 1 is 1.22 bits per heavy atom. The molecule has 0 radical (unpaired) electrons. The van der Waals surface area contributed by atoms with Gasteiger partial charge in [-0.05, 0) is 41.8 Å². The third-order valence-corrected chi connectivity index (χ3v) is 5.27. The van der Waals surface area contributed by atoms with Crippen molar-refractivity contribution in [1.82, 2.24) is 4.31 Å². The molecule has 122 valence electrons. The monoisotopic (exact) mass is 360 g/mol. The highest BCUT2D eigenvalue weighted by Crippen LogP contribution is 2.43. The van der Waals surface area contributed by atoms with Crippen LogP contribution in [0.15, 0.2) is 40.6 Å². The molecule has 23 heavy (non-hydrogen) atoms. The lowest BCUT2D eigenvalue weighted by atomic mass is 10.1. The van der Waals surface area contributed by atoms with Gasteiger partial charge >= 0.3 is 6.18 Å². The van der Waals surface area contributed by atoms with E-state index >= 15 is 0 Å². The molecule has 0 N–H and O–H groups in total. The summed E-state index contributed by atoms with van der Waals surface area (Å²) in [7, 11) is 0. The van der Waals surface area contributed by atoms with Crippen LogP contribution in [0.4, 0.5) is 17.6 Å². The zero-order chi connectivity index (χ0) is 17.0. The summed E-state index contributed by atoms with van der Waals surface area (Å²) in [5.74, 6) is -0.581. The van der Waals surface area contributed by atoms with Gasteiger partial charge in [0.15, 0.2) is 0 Å². The lowest BCUT2D eigenvalue weighted by Crippen LogP contribution is -2.34. The van der Waals surface area contributed by atoms with Gasteiger partial charge in [0.05, 0.1) is 4.21 Å². The third kappa shape index (κ3) is 4.47. The second kappa shape index (κ2) is 7.34. The number of halogens is 4. The predicted octanol–water partition coefficient (Wildman–Crippen LogP) is 5.39. The second-order valence-electron chi connectivity index (χ2n) is 4.55. The number of hydrogen-bond acceptors (Lipinski definition) is 4. The van der Waals surface area contributed by atoms with E-state index in [1.165, 1.54) is 4.31 Å². The first-order chi connectivity index (χ1) is 10.8. The van der Waals surface area contributed by atoms with Crippen LogP contribution < -0.4 is 0 Å². The van der Waals surface area contributed by atoms with Crippen LogP contribution in [0.2, 0.25) is 0 Å². The molecule has 0 saturated carbocycles. The van der Waals surface area contributed by atoms with Gasteiger partial charge in [-0.2, -0.15) is 18.4 Å². The first-order valence-corrected chi connectivity index (χ1v) is 8.21. The molecule has 0 aliphatic heterocycles.